The Bertz CT molecular complexity index is 142. The molecule has 0 aliphatic heterocycles. The molecular weight excluding hydrogens is 196 g/mol. The Kier molecular flexibility index (Phi) is 10.7. The van der Waals surface area contributed by atoms with Crippen LogP contribution in [0.15, 0.2) is 0 Å². The van der Waals surface area contributed by atoms with E-state index in [-0.39, 0.29) is 5.91 Å². The number of hydrogen-bond acceptors (Lipinski definition) is 3. The largest absolute Gasteiger partial charge is 0.370 e. The Balaban J connectivity index is 2.88. The Morgan fingerprint density at radius 2 is 1.86 bits per heavy atom. The van der Waals surface area contributed by atoms with Gasteiger partial charge in [-0.05, 0) is 50.8 Å². The monoisotopic (exact) mass is 218 g/mol. The number of unbranched alkanes of at least 4 members (excludes halogenated alkanes) is 2. The molecule has 0 aromatic rings. The predicted molar refractivity (Wildman–Crippen MR) is 63.5 cm³/mol. The van der Waals surface area contributed by atoms with E-state index in [1.165, 1.54) is 18.6 Å². The van der Waals surface area contributed by atoms with E-state index in [1.807, 2.05) is 11.8 Å². The summed E-state index contributed by atoms with van der Waals surface area (Å²) in [5.74, 6) is 1.06. The van der Waals surface area contributed by atoms with Gasteiger partial charge in [-0.3, -0.25) is 4.79 Å². The van der Waals surface area contributed by atoms with Gasteiger partial charge in [-0.15, -0.1) is 0 Å². The van der Waals surface area contributed by atoms with E-state index in [0.29, 0.717) is 6.42 Å². The lowest BCUT2D eigenvalue weighted by atomic mass is 10.2. The minimum absolute atomic E-state index is 0.190. The van der Waals surface area contributed by atoms with Crippen molar-refractivity contribution in [2.24, 2.45) is 5.73 Å². The Labute approximate surface area is 91.2 Å². The smallest absolute Gasteiger partial charge is 0.217 e. The molecule has 0 radical (unpaired) electrons. The standard InChI is InChI=1S/C10H22N2OS/c1-14-9-5-4-8-12-7-3-2-6-10(11)13/h12H,2-9H2,1H3,(H2,11,13). The summed E-state index contributed by atoms with van der Waals surface area (Å²) in [7, 11) is 0. The van der Waals surface area contributed by atoms with Crippen LogP contribution < -0.4 is 11.1 Å². The summed E-state index contributed by atoms with van der Waals surface area (Å²) < 4.78 is 0. The molecule has 0 aliphatic rings. The lowest BCUT2D eigenvalue weighted by Crippen LogP contribution is -2.17. The zero-order valence-corrected chi connectivity index (χ0v) is 9.87. The van der Waals surface area contributed by atoms with Gasteiger partial charge in [0.05, 0.1) is 0 Å². The van der Waals surface area contributed by atoms with Gasteiger partial charge in [0.25, 0.3) is 0 Å². The summed E-state index contributed by atoms with van der Waals surface area (Å²) in [6.45, 7) is 2.10. The van der Waals surface area contributed by atoms with Crippen molar-refractivity contribution >= 4 is 17.7 Å². The molecule has 0 spiro atoms. The van der Waals surface area contributed by atoms with Gasteiger partial charge in [-0.1, -0.05) is 0 Å². The van der Waals surface area contributed by atoms with Crippen molar-refractivity contribution in [3.63, 3.8) is 0 Å². The molecule has 0 atom stereocenters. The minimum atomic E-state index is -0.190. The van der Waals surface area contributed by atoms with Gasteiger partial charge in [-0.2, -0.15) is 11.8 Å². The molecule has 0 rings (SSSR count). The van der Waals surface area contributed by atoms with Crippen molar-refractivity contribution in [3.8, 4) is 0 Å². The van der Waals surface area contributed by atoms with Crippen LogP contribution in [-0.4, -0.2) is 31.0 Å². The summed E-state index contributed by atoms with van der Waals surface area (Å²) in [6.07, 6.45) is 7.15. The number of primary amides is 1. The summed E-state index contributed by atoms with van der Waals surface area (Å²) in [5, 5.41) is 3.36. The fourth-order valence-electron chi connectivity index (χ4n) is 1.17. The molecule has 0 aromatic heterocycles. The van der Waals surface area contributed by atoms with Gasteiger partial charge in [0.2, 0.25) is 5.91 Å². The van der Waals surface area contributed by atoms with Crippen LogP contribution in [0.5, 0.6) is 0 Å². The predicted octanol–water partition coefficient (Wildman–Crippen LogP) is 1.37. The maximum absolute atomic E-state index is 10.4. The average Bonchev–Trinajstić information content (AvgIpc) is 2.15. The number of nitrogens with one attached hydrogen (secondary N) is 1. The van der Waals surface area contributed by atoms with E-state index in [4.69, 9.17) is 5.73 Å². The van der Waals surface area contributed by atoms with Crippen molar-refractivity contribution in [2.75, 3.05) is 25.1 Å². The molecule has 0 unspecified atom stereocenters. The molecule has 3 nitrogen and oxygen atoms in total. The normalized spacial score (nSPS) is 10.4. The lowest BCUT2D eigenvalue weighted by Gasteiger charge is -2.03. The number of rotatable bonds is 10. The average molecular weight is 218 g/mol. The third kappa shape index (κ3) is 11.8. The van der Waals surface area contributed by atoms with E-state index in [1.54, 1.807) is 0 Å². The van der Waals surface area contributed by atoms with E-state index in [0.717, 1.165) is 25.9 Å². The van der Waals surface area contributed by atoms with Gasteiger partial charge >= 0.3 is 0 Å². The van der Waals surface area contributed by atoms with Gasteiger partial charge in [-0.25, -0.2) is 0 Å². The molecule has 4 heteroatoms. The highest BCUT2D eigenvalue weighted by Gasteiger charge is 1.93. The maximum Gasteiger partial charge on any atom is 0.217 e. The number of amides is 1. The third-order valence-electron chi connectivity index (χ3n) is 1.98. The number of nitrogens with two attached hydrogens (primary N) is 1. The molecule has 1 amide bonds. The first-order chi connectivity index (χ1) is 6.77. The molecule has 14 heavy (non-hydrogen) atoms. The highest BCUT2D eigenvalue weighted by atomic mass is 32.2. The fraction of sp³-hybridized carbons (Fsp3) is 0.900. The Morgan fingerprint density at radius 3 is 2.43 bits per heavy atom. The zero-order valence-electron chi connectivity index (χ0n) is 9.05. The van der Waals surface area contributed by atoms with Crippen LogP contribution in [0.3, 0.4) is 0 Å². The molecule has 84 valence electrons. The number of carbonyl (C=O) groups excluding carboxylic acids is 1. The summed E-state index contributed by atoms with van der Waals surface area (Å²) in [6, 6.07) is 0. The second-order valence-corrected chi connectivity index (χ2v) is 4.36. The Hall–Kier alpha value is -0.220. The van der Waals surface area contributed by atoms with E-state index in [2.05, 4.69) is 11.6 Å². The Morgan fingerprint density at radius 1 is 1.21 bits per heavy atom. The molecular formula is C10H22N2OS. The SMILES string of the molecule is CSCCCCNCCCCC(N)=O. The van der Waals surface area contributed by atoms with Gasteiger partial charge < -0.3 is 11.1 Å². The van der Waals surface area contributed by atoms with Crippen molar-refractivity contribution in [1.82, 2.24) is 5.32 Å². The summed E-state index contributed by atoms with van der Waals surface area (Å²) >= 11 is 1.90. The summed E-state index contributed by atoms with van der Waals surface area (Å²) in [5.41, 5.74) is 5.03. The van der Waals surface area contributed by atoms with Gasteiger partial charge in [0, 0.05) is 6.42 Å². The second-order valence-electron chi connectivity index (χ2n) is 3.37. The van der Waals surface area contributed by atoms with Gasteiger partial charge in [0.1, 0.15) is 0 Å². The highest BCUT2D eigenvalue weighted by molar-refractivity contribution is 7.98. The van der Waals surface area contributed by atoms with Crippen LogP contribution in [-0.2, 0) is 4.79 Å². The van der Waals surface area contributed by atoms with Crippen LogP contribution in [0, 0.1) is 0 Å². The van der Waals surface area contributed by atoms with Crippen LogP contribution in [0.1, 0.15) is 32.1 Å². The second kappa shape index (κ2) is 10.9. The fourth-order valence-corrected chi connectivity index (χ4v) is 1.66. The lowest BCUT2D eigenvalue weighted by molar-refractivity contribution is -0.118. The van der Waals surface area contributed by atoms with Crippen molar-refractivity contribution < 1.29 is 4.79 Å². The molecule has 3 N–H and O–H groups in total. The number of thioether (sulfide) groups is 1. The highest BCUT2D eigenvalue weighted by Crippen LogP contribution is 1.98. The van der Waals surface area contributed by atoms with Gasteiger partial charge in [0.15, 0.2) is 0 Å². The topological polar surface area (TPSA) is 55.1 Å². The summed E-state index contributed by atoms with van der Waals surface area (Å²) in [4.78, 5) is 10.4. The van der Waals surface area contributed by atoms with Crippen molar-refractivity contribution in [1.29, 1.82) is 0 Å². The van der Waals surface area contributed by atoms with Crippen LogP contribution in [0.25, 0.3) is 0 Å². The third-order valence-corrected chi connectivity index (χ3v) is 2.68. The quantitative estimate of drug-likeness (QED) is 0.545. The molecule has 0 saturated carbocycles. The number of hydrogen-bond donors (Lipinski definition) is 2. The number of carbonyl (C=O) groups is 1. The molecule has 0 saturated heterocycles. The van der Waals surface area contributed by atoms with Crippen LogP contribution >= 0.6 is 11.8 Å². The first kappa shape index (κ1) is 13.8. The maximum atomic E-state index is 10.4. The van der Waals surface area contributed by atoms with Crippen molar-refractivity contribution in [2.45, 2.75) is 32.1 Å². The van der Waals surface area contributed by atoms with E-state index >= 15 is 0 Å². The van der Waals surface area contributed by atoms with Crippen molar-refractivity contribution in [3.05, 3.63) is 0 Å². The molecule has 0 fully saturated rings. The minimum Gasteiger partial charge on any atom is -0.370 e. The first-order valence-electron chi connectivity index (χ1n) is 5.25. The zero-order chi connectivity index (χ0) is 10.6. The van der Waals surface area contributed by atoms with E-state index < -0.39 is 0 Å². The first-order valence-corrected chi connectivity index (χ1v) is 6.64. The molecule has 0 aromatic carbocycles. The molecule has 0 heterocycles. The van der Waals surface area contributed by atoms with Crippen LogP contribution in [0.2, 0.25) is 0 Å². The van der Waals surface area contributed by atoms with Crippen LogP contribution in [0.4, 0.5) is 0 Å². The molecule has 0 bridgehead atoms. The van der Waals surface area contributed by atoms with E-state index in [9.17, 15) is 4.79 Å². The molecule has 0 aliphatic carbocycles.